The molecule has 16 heavy (non-hydrogen) atoms. The van der Waals surface area contributed by atoms with Crippen LogP contribution in [0.5, 0.6) is 0 Å². The van der Waals surface area contributed by atoms with Gasteiger partial charge in [-0.3, -0.25) is 0 Å². The summed E-state index contributed by atoms with van der Waals surface area (Å²) in [5.74, 6) is 0.316. The van der Waals surface area contributed by atoms with Gasteiger partial charge in [0.15, 0.2) is 0 Å². The van der Waals surface area contributed by atoms with Crippen LogP contribution in [-0.4, -0.2) is 4.98 Å². The number of halogens is 2. The molecule has 0 amide bonds. The molecule has 0 aliphatic carbocycles. The predicted octanol–water partition coefficient (Wildman–Crippen LogP) is 4.11. The maximum absolute atomic E-state index is 12.6. The van der Waals surface area contributed by atoms with Crippen molar-refractivity contribution >= 4 is 28.8 Å². The van der Waals surface area contributed by atoms with Crippen molar-refractivity contribution < 1.29 is 4.39 Å². The molecule has 0 fully saturated rings. The molecule has 2 rings (SSSR count). The van der Waals surface area contributed by atoms with Gasteiger partial charge >= 0.3 is 0 Å². The Balaban J connectivity index is 2.07. The summed E-state index contributed by atoms with van der Waals surface area (Å²) in [7, 11) is 0. The van der Waals surface area contributed by atoms with Crippen molar-refractivity contribution in [2.45, 2.75) is 13.0 Å². The Morgan fingerprint density at radius 2 is 2.19 bits per heavy atom. The number of nitrogens with one attached hydrogen (secondary N) is 1. The van der Waals surface area contributed by atoms with Gasteiger partial charge in [0.1, 0.15) is 11.6 Å². The van der Waals surface area contributed by atoms with Crippen LogP contribution in [0.3, 0.4) is 0 Å². The zero-order chi connectivity index (χ0) is 11.5. The number of rotatable bonds is 3. The predicted molar refractivity (Wildman–Crippen MR) is 65.6 cm³/mol. The average Bonchev–Trinajstić information content (AvgIpc) is 2.68. The second kappa shape index (κ2) is 4.80. The van der Waals surface area contributed by atoms with Crippen molar-refractivity contribution in [3.05, 3.63) is 45.5 Å². The van der Waals surface area contributed by atoms with Crippen molar-refractivity contribution in [3.8, 4) is 0 Å². The lowest BCUT2D eigenvalue weighted by Gasteiger charge is -2.12. The fourth-order valence-corrected chi connectivity index (χ4v) is 2.38. The van der Waals surface area contributed by atoms with Crippen LogP contribution in [0.15, 0.2) is 30.5 Å². The number of hydrogen-bond donors (Lipinski definition) is 1. The minimum atomic E-state index is -0.336. The Kier molecular flexibility index (Phi) is 3.41. The second-order valence-electron chi connectivity index (χ2n) is 3.37. The van der Waals surface area contributed by atoms with E-state index in [-0.39, 0.29) is 11.9 Å². The molecule has 2 aromatic heterocycles. The summed E-state index contributed by atoms with van der Waals surface area (Å²) in [6.07, 6.45) is 1.19. The molecule has 0 saturated heterocycles. The standard InChI is InChI=1S/C11H10ClFN2S/c1-7(9-3-4-10(12)16-9)15-11-5-2-8(13)6-14-11/h2-7H,1H3,(H,14,15). The van der Waals surface area contributed by atoms with Crippen LogP contribution in [0.25, 0.3) is 0 Å². The lowest BCUT2D eigenvalue weighted by Crippen LogP contribution is -2.06. The molecule has 0 radical (unpaired) electrons. The molecule has 1 N–H and O–H groups in total. The average molecular weight is 257 g/mol. The SMILES string of the molecule is CC(Nc1ccc(F)cn1)c1ccc(Cl)s1. The highest BCUT2D eigenvalue weighted by atomic mass is 35.5. The van der Waals surface area contributed by atoms with Gasteiger partial charge in [-0.2, -0.15) is 0 Å². The molecule has 2 heterocycles. The van der Waals surface area contributed by atoms with E-state index in [1.807, 2.05) is 19.1 Å². The summed E-state index contributed by atoms with van der Waals surface area (Å²) in [4.78, 5) is 5.06. The van der Waals surface area contributed by atoms with Gasteiger partial charge in [-0.05, 0) is 31.2 Å². The summed E-state index contributed by atoms with van der Waals surface area (Å²) < 4.78 is 13.4. The summed E-state index contributed by atoms with van der Waals surface area (Å²) in [6.45, 7) is 2.01. The topological polar surface area (TPSA) is 24.9 Å². The first-order valence-electron chi connectivity index (χ1n) is 4.78. The van der Waals surface area contributed by atoms with E-state index in [1.165, 1.54) is 23.6 Å². The number of thiophene rings is 1. The Labute approximate surface area is 102 Å². The van der Waals surface area contributed by atoms with E-state index in [0.29, 0.717) is 5.82 Å². The van der Waals surface area contributed by atoms with Gasteiger partial charge in [-0.25, -0.2) is 9.37 Å². The molecule has 0 spiro atoms. The van der Waals surface area contributed by atoms with Crippen molar-refractivity contribution in [3.63, 3.8) is 0 Å². The Morgan fingerprint density at radius 3 is 2.75 bits per heavy atom. The quantitative estimate of drug-likeness (QED) is 0.894. The zero-order valence-corrected chi connectivity index (χ0v) is 10.1. The highest BCUT2D eigenvalue weighted by molar-refractivity contribution is 7.16. The van der Waals surface area contributed by atoms with Crippen molar-refractivity contribution in [2.75, 3.05) is 5.32 Å². The van der Waals surface area contributed by atoms with Gasteiger partial charge < -0.3 is 5.32 Å². The van der Waals surface area contributed by atoms with Gasteiger partial charge in [0.2, 0.25) is 0 Å². The fraction of sp³-hybridized carbons (Fsp3) is 0.182. The van der Waals surface area contributed by atoms with Crippen LogP contribution in [0, 0.1) is 5.82 Å². The molecule has 0 aliphatic heterocycles. The number of nitrogens with zero attached hydrogens (tertiary/aromatic N) is 1. The molecule has 5 heteroatoms. The van der Waals surface area contributed by atoms with Crippen molar-refractivity contribution in [1.82, 2.24) is 4.98 Å². The minimum Gasteiger partial charge on any atom is -0.363 e. The van der Waals surface area contributed by atoms with E-state index >= 15 is 0 Å². The number of pyridine rings is 1. The highest BCUT2D eigenvalue weighted by Gasteiger charge is 2.08. The van der Waals surface area contributed by atoms with Gasteiger partial charge in [0.25, 0.3) is 0 Å². The monoisotopic (exact) mass is 256 g/mol. The normalized spacial score (nSPS) is 12.4. The van der Waals surface area contributed by atoms with Crippen LogP contribution in [0.1, 0.15) is 17.8 Å². The van der Waals surface area contributed by atoms with Gasteiger partial charge in [-0.1, -0.05) is 11.6 Å². The summed E-state index contributed by atoms with van der Waals surface area (Å²) in [6, 6.07) is 6.92. The van der Waals surface area contributed by atoms with Gasteiger partial charge in [0.05, 0.1) is 16.6 Å². The molecular weight excluding hydrogens is 247 g/mol. The number of anilines is 1. The van der Waals surface area contributed by atoms with Crippen molar-refractivity contribution in [1.29, 1.82) is 0 Å². The van der Waals surface area contributed by atoms with E-state index < -0.39 is 0 Å². The second-order valence-corrected chi connectivity index (χ2v) is 5.12. The number of hydrogen-bond acceptors (Lipinski definition) is 3. The Hall–Kier alpha value is -1.13. The largest absolute Gasteiger partial charge is 0.363 e. The first-order valence-corrected chi connectivity index (χ1v) is 5.98. The molecule has 84 valence electrons. The van der Waals surface area contributed by atoms with E-state index in [4.69, 9.17) is 11.6 Å². The first kappa shape index (κ1) is 11.4. The third kappa shape index (κ3) is 2.71. The third-order valence-electron chi connectivity index (χ3n) is 2.11. The molecule has 2 aromatic rings. The highest BCUT2D eigenvalue weighted by Crippen LogP contribution is 2.28. The molecule has 1 unspecified atom stereocenters. The zero-order valence-electron chi connectivity index (χ0n) is 8.58. The van der Waals surface area contributed by atoms with E-state index in [1.54, 1.807) is 6.07 Å². The lowest BCUT2D eigenvalue weighted by atomic mass is 10.3. The molecule has 0 saturated carbocycles. The molecule has 0 aliphatic rings. The first-order chi connectivity index (χ1) is 7.65. The van der Waals surface area contributed by atoms with E-state index in [2.05, 4.69) is 10.3 Å². The van der Waals surface area contributed by atoms with Crippen LogP contribution < -0.4 is 5.32 Å². The number of aromatic nitrogens is 1. The van der Waals surface area contributed by atoms with Crippen LogP contribution >= 0.6 is 22.9 Å². The molecule has 2 nitrogen and oxygen atoms in total. The molecule has 0 aromatic carbocycles. The Bertz CT molecular complexity index is 469. The fourth-order valence-electron chi connectivity index (χ4n) is 1.32. The van der Waals surface area contributed by atoms with Gasteiger partial charge in [-0.15, -0.1) is 11.3 Å². The molecule has 0 bridgehead atoms. The minimum absolute atomic E-state index is 0.107. The third-order valence-corrected chi connectivity index (χ3v) is 3.53. The van der Waals surface area contributed by atoms with Crippen LogP contribution in [-0.2, 0) is 0 Å². The lowest BCUT2D eigenvalue weighted by molar-refractivity contribution is 0.621. The molecule has 1 atom stereocenters. The van der Waals surface area contributed by atoms with E-state index in [0.717, 1.165) is 9.21 Å². The smallest absolute Gasteiger partial charge is 0.141 e. The summed E-state index contributed by atoms with van der Waals surface area (Å²) in [5.41, 5.74) is 0. The summed E-state index contributed by atoms with van der Waals surface area (Å²) >= 11 is 7.37. The molecular formula is C11H10ClFN2S. The van der Waals surface area contributed by atoms with Crippen LogP contribution in [0.2, 0.25) is 4.34 Å². The van der Waals surface area contributed by atoms with E-state index in [9.17, 15) is 4.39 Å². The van der Waals surface area contributed by atoms with Gasteiger partial charge in [0, 0.05) is 4.88 Å². The Morgan fingerprint density at radius 1 is 1.38 bits per heavy atom. The maximum atomic E-state index is 12.6. The maximum Gasteiger partial charge on any atom is 0.141 e. The summed E-state index contributed by atoms with van der Waals surface area (Å²) in [5, 5.41) is 3.17. The van der Waals surface area contributed by atoms with Crippen molar-refractivity contribution in [2.24, 2.45) is 0 Å². The van der Waals surface area contributed by atoms with Crippen LogP contribution in [0.4, 0.5) is 10.2 Å².